The summed E-state index contributed by atoms with van der Waals surface area (Å²) in [6.45, 7) is 4.72. The Morgan fingerprint density at radius 3 is 2.59 bits per heavy atom. The van der Waals surface area contributed by atoms with Crippen LogP contribution in [0, 0.1) is 17.1 Å². The van der Waals surface area contributed by atoms with E-state index in [1.807, 2.05) is 0 Å². The Morgan fingerprint density at radius 2 is 1.91 bits per heavy atom. The van der Waals surface area contributed by atoms with Gasteiger partial charge in [0.15, 0.2) is 0 Å². The third kappa shape index (κ3) is 5.35. The van der Waals surface area contributed by atoms with Gasteiger partial charge in [0.1, 0.15) is 5.82 Å². The summed E-state index contributed by atoms with van der Waals surface area (Å²) >= 11 is 0. The SMILES string of the molecule is N#CCN1CCN(CC(O)COCc2ccccc2F)CC1. The zero-order valence-corrected chi connectivity index (χ0v) is 12.6. The molecule has 0 aliphatic carbocycles. The van der Waals surface area contributed by atoms with Gasteiger partial charge in [-0.2, -0.15) is 5.26 Å². The Labute approximate surface area is 130 Å². The molecule has 1 saturated heterocycles. The maximum Gasteiger partial charge on any atom is 0.128 e. The smallest absolute Gasteiger partial charge is 0.128 e. The lowest BCUT2D eigenvalue weighted by Gasteiger charge is -2.34. The van der Waals surface area contributed by atoms with Crippen LogP contribution in [0.2, 0.25) is 0 Å². The number of ether oxygens (including phenoxy) is 1. The molecule has 0 amide bonds. The van der Waals surface area contributed by atoms with Crippen LogP contribution in [-0.2, 0) is 11.3 Å². The maximum absolute atomic E-state index is 13.4. The van der Waals surface area contributed by atoms with Gasteiger partial charge in [0.2, 0.25) is 0 Å². The average molecular weight is 307 g/mol. The monoisotopic (exact) mass is 307 g/mol. The Kier molecular flexibility index (Phi) is 6.74. The first-order valence-corrected chi connectivity index (χ1v) is 7.50. The summed E-state index contributed by atoms with van der Waals surface area (Å²) in [4.78, 5) is 4.25. The second-order valence-corrected chi connectivity index (χ2v) is 5.50. The number of nitrogens with zero attached hydrogens (tertiary/aromatic N) is 3. The normalized spacial score (nSPS) is 18.0. The molecule has 120 valence electrons. The van der Waals surface area contributed by atoms with E-state index in [0.717, 1.165) is 26.2 Å². The van der Waals surface area contributed by atoms with Crippen molar-refractivity contribution in [1.82, 2.24) is 9.80 Å². The minimum absolute atomic E-state index is 0.166. The van der Waals surface area contributed by atoms with Gasteiger partial charge in [-0.15, -0.1) is 0 Å². The molecule has 1 unspecified atom stereocenters. The van der Waals surface area contributed by atoms with E-state index >= 15 is 0 Å². The molecule has 6 heteroatoms. The van der Waals surface area contributed by atoms with Crippen LogP contribution in [0.5, 0.6) is 0 Å². The van der Waals surface area contributed by atoms with Gasteiger partial charge >= 0.3 is 0 Å². The Morgan fingerprint density at radius 1 is 1.23 bits per heavy atom. The van der Waals surface area contributed by atoms with E-state index in [4.69, 9.17) is 10.00 Å². The molecule has 1 atom stereocenters. The second kappa shape index (κ2) is 8.81. The molecule has 0 aromatic heterocycles. The third-order valence-corrected chi connectivity index (χ3v) is 3.75. The van der Waals surface area contributed by atoms with E-state index in [0.29, 0.717) is 18.7 Å². The van der Waals surface area contributed by atoms with Crippen molar-refractivity contribution in [3.8, 4) is 6.07 Å². The van der Waals surface area contributed by atoms with Gasteiger partial charge in [0.05, 0.1) is 31.9 Å². The topological polar surface area (TPSA) is 59.7 Å². The Bertz CT molecular complexity index is 498. The number of β-amino-alcohol motifs (C(OH)–C–C–N with tert-alkyl or cyclic N) is 1. The summed E-state index contributed by atoms with van der Waals surface area (Å²) in [6, 6.07) is 8.63. The van der Waals surface area contributed by atoms with E-state index in [2.05, 4.69) is 15.9 Å². The van der Waals surface area contributed by atoms with Gasteiger partial charge in [-0.25, -0.2) is 4.39 Å². The van der Waals surface area contributed by atoms with Crippen molar-refractivity contribution in [3.05, 3.63) is 35.6 Å². The molecule has 1 aliphatic rings. The molecule has 1 aliphatic heterocycles. The number of aliphatic hydroxyl groups excluding tert-OH is 1. The first kappa shape index (κ1) is 16.8. The molecular formula is C16H22FN3O2. The maximum atomic E-state index is 13.4. The summed E-state index contributed by atoms with van der Waals surface area (Å²) in [5.41, 5.74) is 0.500. The lowest BCUT2D eigenvalue weighted by Crippen LogP contribution is -2.49. The zero-order valence-electron chi connectivity index (χ0n) is 12.6. The van der Waals surface area contributed by atoms with Crippen molar-refractivity contribution >= 4 is 0 Å². The molecule has 22 heavy (non-hydrogen) atoms. The van der Waals surface area contributed by atoms with E-state index in [1.165, 1.54) is 6.07 Å². The fraction of sp³-hybridized carbons (Fsp3) is 0.562. The number of benzene rings is 1. The number of piperazine rings is 1. The number of rotatable bonds is 7. The standard InChI is InChI=1S/C16H22FN3O2/c17-16-4-2-1-3-14(16)12-22-13-15(21)11-20-9-7-19(6-5-18)8-10-20/h1-4,15,21H,6-13H2. The number of aliphatic hydroxyl groups is 1. The highest BCUT2D eigenvalue weighted by atomic mass is 19.1. The minimum atomic E-state index is -0.589. The molecule has 0 radical (unpaired) electrons. The van der Waals surface area contributed by atoms with E-state index < -0.39 is 6.10 Å². The molecule has 5 nitrogen and oxygen atoms in total. The average Bonchev–Trinajstić information content (AvgIpc) is 2.51. The third-order valence-electron chi connectivity index (χ3n) is 3.75. The summed E-state index contributed by atoms with van der Waals surface area (Å²) in [5, 5.41) is 18.6. The van der Waals surface area contributed by atoms with Crippen molar-refractivity contribution < 1.29 is 14.2 Å². The van der Waals surface area contributed by atoms with Crippen LogP contribution in [0.25, 0.3) is 0 Å². The largest absolute Gasteiger partial charge is 0.389 e. The second-order valence-electron chi connectivity index (χ2n) is 5.50. The highest BCUT2D eigenvalue weighted by Gasteiger charge is 2.18. The van der Waals surface area contributed by atoms with Crippen LogP contribution < -0.4 is 0 Å². The van der Waals surface area contributed by atoms with Crippen LogP contribution >= 0.6 is 0 Å². The lowest BCUT2D eigenvalue weighted by molar-refractivity contribution is 0.00158. The molecule has 1 N–H and O–H groups in total. The molecule has 2 rings (SSSR count). The first-order chi connectivity index (χ1) is 10.7. The summed E-state index contributed by atoms with van der Waals surface area (Å²) in [6.07, 6.45) is -0.589. The van der Waals surface area contributed by atoms with Gasteiger partial charge in [0, 0.05) is 38.3 Å². The summed E-state index contributed by atoms with van der Waals surface area (Å²) in [5.74, 6) is -0.286. The predicted octanol–water partition coefficient (Wildman–Crippen LogP) is 0.844. The van der Waals surface area contributed by atoms with Crippen LogP contribution in [0.3, 0.4) is 0 Å². The van der Waals surface area contributed by atoms with Crippen LogP contribution in [-0.4, -0.2) is 66.9 Å². The molecule has 0 bridgehead atoms. The van der Waals surface area contributed by atoms with E-state index in [-0.39, 0.29) is 19.0 Å². The fourth-order valence-corrected chi connectivity index (χ4v) is 2.50. The Balaban J connectivity index is 1.63. The molecule has 1 aromatic rings. The van der Waals surface area contributed by atoms with Crippen molar-refractivity contribution in [2.24, 2.45) is 0 Å². The molecule has 1 fully saturated rings. The van der Waals surface area contributed by atoms with Gasteiger partial charge in [0.25, 0.3) is 0 Å². The van der Waals surface area contributed by atoms with Crippen molar-refractivity contribution in [3.63, 3.8) is 0 Å². The van der Waals surface area contributed by atoms with Crippen molar-refractivity contribution in [2.75, 3.05) is 45.9 Å². The van der Waals surface area contributed by atoms with Crippen LogP contribution in [0.4, 0.5) is 4.39 Å². The number of nitriles is 1. The molecule has 0 saturated carbocycles. The fourth-order valence-electron chi connectivity index (χ4n) is 2.50. The van der Waals surface area contributed by atoms with Crippen LogP contribution in [0.1, 0.15) is 5.56 Å². The van der Waals surface area contributed by atoms with E-state index in [1.54, 1.807) is 18.2 Å². The molecular weight excluding hydrogens is 285 g/mol. The van der Waals surface area contributed by atoms with Crippen molar-refractivity contribution in [1.29, 1.82) is 5.26 Å². The van der Waals surface area contributed by atoms with Gasteiger partial charge in [-0.3, -0.25) is 9.80 Å². The Hall–Kier alpha value is -1.52. The van der Waals surface area contributed by atoms with Crippen molar-refractivity contribution in [2.45, 2.75) is 12.7 Å². The van der Waals surface area contributed by atoms with Gasteiger partial charge < -0.3 is 9.84 Å². The number of halogens is 1. The van der Waals surface area contributed by atoms with Crippen LogP contribution in [0.15, 0.2) is 24.3 Å². The van der Waals surface area contributed by atoms with Gasteiger partial charge in [-0.1, -0.05) is 18.2 Å². The molecule has 1 heterocycles. The first-order valence-electron chi connectivity index (χ1n) is 7.50. The number of hydrogen-bond donors (Lipinski definition) is 1. The quantitative estimate of drug-likeness (QED) is 0.757. The van der Waals surface area contributed by atoms with Gasteiger partial charge in [-0.05, 0) is 6.07 Å². The predicted molar refractivity (Wildman–Crippen MR) is 80.6 cm³/mol. The highest BCUT2D eigenvalue weighted by Crippen LogP contribution is 2.08. The molecule has 1 aromatic carbocycles. The lowest BCUT2D eigenvalue weighted by atomic mass is 10.2. The summed E-state index contributed by atoms with van der Waals surface area (Å²) < 4.78 is 18.8. The van der Waals surface area contributed by atoms with E-state index in [9.17, 15) is 9.50 Å². The zero-order chi connectivity index (χ0) is 15.8. The molecule has 0 spiro atoms. The highest BCUT2D eigenvalue weighted by molar-refractivity contribution is 5.16. The summed E-state index contributed by atoms with van der Waals surface area (Å²) in [7, 11) is 0. The number of hydrogen-bond acceptors (Lipinski definition) is 5. The minimum Gasteiger partial charge on any atom is -0.389 e.